The molecule has 0 unspecified atom stereocenters. The van der Waals surface area contributed by atoms with E-state index in [0.717, 1.165) is 31.5 Å². The summed E-state index contributed by atoms with van der Waals surface area (Å²) in [4.78, 5) is 25.1. The minimum atomic E-state index is -0.468. The molecule has 23 heavy (non-hydrogen) atoms. The van der Waals surface area contributed by atoms with E-state index < -0.39 is 5.60 Å². The van der Waals surface area contributed by atoms with Gasteiger partial charge in [0.15, 0.2) is 0 Å². The Balaban J connectivity index is 2.05. The molecule has 6 heteroatoms. The summed E-state index contributed by atoms with van der Waals surface area (Å²) in [6, 6.07) is 2.01. The Kier molecular flexibility index (Phi) is 5.44. The lowest BCUT2D eigenvalue weighted by atomic mass is 10.0. The van der Waals surface area contributed by atoms with Crippen molar-refractivity contribution < 1.29 is 9.53 Å². The molecular formula is C17H28N4O2. The van der Waals surface area contributed by atoms with Crippen molar-refractivity contribution in [2.45, 2.75) is 58.6 Å². The summed E-state index contributed by atoms with van der Waals surface area (Å²) < 4.78 is 5.55. The first-order valence-corrected chi connectivity index (χ1v) is 8.26. The van der Waals surface area contributed by atoms with Crippen molar-refractivity contribution in [2.24, 2.45) is 0 Å². The van der Waals surface area contributed by atoms with Gasteiger partial charge in [0.05, 0.1) is 6.04 Å². The predicted molar refractivity (Wildman–Crippen MR) is 90.6 cm³/mol. The Morgan fingerprint density at radius 2 is 2.17 bits per heavy atom. The summed E-state index contributed by atoms with van der Waals surface area (Å²) in [5, 5.41) is 0. The summed E-state index contributed by atoms with van der Waals surface area (Å²) in [6.45, 7) is 9.11. The monoisotopic (exact) mass is 320 g/mol. The molecule has 128 valence electrons. The van der Waals surface area contributed by atoms with Crippen LogP contribution in [0.4, 0.5) is 10.7 Å². The molecule has 1 atom stereocenters. The molecule has 0 N–H and O–H groups in total. The number of ether oxygens (including phenoxy) is 1. The van der Waals surface area contributed by atoms with Crippen molar-refractivity contribution in [2.75, 3.05) is 25.0 Å². The van der Waals surface area contributed by atoms with Gasteiger partial charge in [-0.05, 0) is 53.0 Å². The SMILES string of the molecule is Cc1ccnc(N(C)C[C@@H]2CCCCN2C(=O)OC(C)(C)C)n1. The van der Waals surface area contributed by atoms with E-state index in [1.807, 2.05) is 50.6 Å². The molecule has 1 aromatic rings. The average molecular weight is 320 g/mol. The third-order valence-corrected chi connectivity index (χ3v) is 3.86. The number of anilines is 1. The van der Waals surface area contributed by atoms with E-state index in [-0.39, 0.29) is 12.1 Å². The first kappa shape index (κ1) is 17.5. The first-order valence-electron chi connectivity index (χ1n) is 8.26. The van der Waals surface area contributed by atoms with Crippen LogP contribution in [0.3, 0.4) is 0 Å². The minimum absolute atomic E-state index is 0.132. The summed E-state index contributed by atoms with van der Waals surface area (Å²) in [6.07, 6.45) is 4.68. The highest BCUT2D eigenvalue weighted by Gasteiger charge is 2.31. The quantitative estimate of drug-likeness (QED) is 0.857. The maximum absolute atomic E-state index is 12.5. The molecule has 6 nitrogen and oxygen atoms in total. The van der Waals surface area contributed by atoms with Crippen molar-refractivity contribution >= 4 is 12.0 Å². The summed E-state index contributed by atoms with van der Waals surface area (Å²) in [5.41, 5.74) is 0.472. The van der Waals surface area contributed by atoms with Gasteiger partial charge >= 0.3 is 6.09 Å². The maximum atomic E-state index is 12.5. The van der Waals surface area contributed by atoms with E-state index >= 15 is 0 Å². The van der Waals surface area contributed by atoms with Crippen LogP contribution in [0.5, 0.6) is 0 Å². The van der Waals surface area contributed by atoms with Gasteiger partial charge in [0.1, 0.15) is 5.60 Å². The fourth-order valence-electron chi connectivity index (χ4n) is 2.77. The second-order valence-corrected chi connectivity index (χ2v) is 7.20. The molecule has 0 spiro atoms. The number of hydrogen-bond donors (Lipinski definition) is 0. The lowest BCUT2D eigenvalue weighted by molar-refractivity contribution is 0.0108. The Morgan fingerprint density at radius 1 is 1.43 bits per heavy atom. The molecule has 0 aromatic carbocycles. The first-order chi connectivity index (χ1) is 10.8. The van der Waals surface area contributed by atoms with Gasteiger partial charge in [-0.25, -0.2) is 14.8 Å². The Bertz CT molecular complexity index is 542. The van der Waals surface area contributed by atoms with Crippen LogP contribution in [0.15, 0.2) is 12.3 Å². The van der Waals surface area contributed by atoms with Gasteiger partial charge in [0.2, 0.25) is 5.95 Å². The van der Waals surface area contributed by atoms with E-state index in [2.05, 4.69) is 9.97 Å². The lowest BCUT2D eigenvalue weighted by Crippen LogP contribution is -2.50. The van der Waals surface area contributed by atoms with E-state index in [9.17, 15) is 4.79 Å². The molecule has 1 aliphatic rings. The Morgan fingerprint density at radius 3 is 2.83 bits per heavy atom. The van der Waals surface area contributed by atoms with Crippen LogP contribution in [-0.4, -0.2) is 52.7 Å². The highest BCUT2D eigenvalue weighted by Crippen LogP contribution is 2.22. The van der Waals surface area contributed by atoms with Crippen LogP contribution in [0.25, 0.3) is 0 Å². The number of carbonyl (C=O) groups is 1. The van der Waals surface area contributed by atoms with Gasteiger partial charge < -0.3 is 14.5 Å². The number of aromatic nitrogens is 2. The zero-order valence-corrected chi connectivity index (χ0v) is 14.9. The zero-order chi connectivity index (χ0) is 17.0. The van der Waals surface area contributed by atoms with E-state index in [4.69, 9.17) is 4.74 Å². The molecular weight excluding hydrogens is 292 g/mol. The van der Waals surface area contributed by atoms with E-state index in [1.165, 1.54) is 0 Å². The molecule has 0 saturated carbocycles. The number of hydrogen-bond acceptors (Lipinski definition) is 5. The van der Waals surface area contributed by atoms with Gasteiger partial charge in [0, 0.05) is 32.0 Å². The number of likely N-dealkylation sites (N-methyl/N-ethyl adjacent to an activating group) is 1. The van der Waals surface area contributed by atoms with E-state index in [0.29, 0.717) is 12.5 Å². The van der Waals surface area contributed by atoms with E-state index in [1.54, 1.807) is 6.20 Å². The number of aryl methyl sites for hydroxylation is 1. The molecule has 2 heterocycles. The second-order valence-electron chi connectivity index (χ2n) is 7.20. The minimum Gasteiger partial charge on any atom is -0.444 e. The van der Waals surface area contributed by atoms with Crippen LogP contribution in [0.2, 0.25) is 0 Å². The smallest absolute Gasteiger partial charge is 0.410 e. The number of piperidine rings is 1. The largest absolute Gasteiger partial charge is 0.444 e. The third-order valence-electron chi connectivity index (χ3n) is 3.86. The van der Waals surface area contributed by atoms with Crippen molar-refractivity contribution in [1.29, 1.82) is 0 Å². The normalized spacial score (nSPS) is 18.7. The van der Waals surface area contributed by atoms with Crippen LogP contribution in [-0.2, 0) is 4.74 Å². The second kappa shape index (κ2) is 7.15. The third kappa shape index (κ3) is 5.08. The van der Waals surface area contributed by atoms with Crippen molar-refractivity contribution in [3.05, 3.63) is 18.0 Å². The Labute approximate surface area is 138 Å². The van der Waals surface area contributed by atoms with Gasteiger partial charge in [-0.1, -0.05) is 0 Å². The van der Waals surface area contributed by atoms with Gasteiger partial charge in [-0.2, -0.15) is 0 Å². The van der Waals surface area contributed by atoms with Gasteiger partial charge in [0.25, 0.3) is 0 Å². The van der Waals surface area contributed by atoms with Crippen LogP contribution < -0.4 is 4.90 Å². The highest BCUT2D eigenvalue weighted by atomic mass is 16.6. The molecule has 0 bridgehead atoms. The van der Waals surface area contributed by atoms with Gasteiger partial charge in [-0.3, -0.25) is 0 Å². The zero-order valence-electron chi connectivity index (χ0n) is 14.9. The number of rotatable bonds is 3. The van der Waals surface area contributed by atoms with Gasteiger partial charge in [-0.15, -0.1) is 0 Å². The van der Waals surface area contributed by atoms with Crippen molar-refractivity contribution in [3.63, 3.8) is 0 Å². The fourth-order valence-corrected chi connectivity index (χ4v) is 2.77. The molecule has 1 aromatic heterocycles. The predicted octanol–water partition coefficient (Wildman–Crippen LogP) is 3.01. The summed E-state index contributed by atoms with van der Waals surface area (Å²) in [7, 11) is 1.97. The topological polar surface area (TPSA) is 58.6 Å². The average Bonchev–Trinajstić information content (AvgIpc) is 2.46. The molecule has 0 radical (unpaired) electrons. The van der Waals surface area contributed by atoms with Crippen LogP contribution >= 0.6 is 0 Å². The molecule has 1 amide bonds. The molecule has 1 aliphatic heterocycles. The molecule has 1 saturated heterocycles. The lowest BCUT2D eigenvalue weighted by Gasteiger charge is -2.38. The van der Waals surface area contributed by atoms with Crippen molar-refractivity contribution in [3.8, 4) is 0 Å². The Hall–Kier alpha value is -1.85. The van der Waals surface area contributed by atoms with Crippen molar-refractivity contribution in [1.82, 2.24) is 14.9 Å². The number of likely N-dealkylation sites (tertiary alicyclic amines) is 1. The number of carbonyl (C=O) groups excluding carboxylic acids is 1. The molecule has 0 aliphatic carbocycles. The van der Waals surface area contributed by atoms with Crippen LogP contribution in [0.1, 0.15) is 45.7 Å². The standard InChI is InChI=1S/C17H28N4O2/c1-13-9-10-18-15(19-13)20(5)12-14-8-6-7-11-21(14)16(22)23-17(2,3)4/h9-10,14H,6-8,11-12H2,1-5H3/t14-/m0/s1. The fraction of sp³-hybridized carbons (Fsp3) is 0.706. The summed E-state index contributed by atoms with van der Waals surface area (Å²) in [5.74, 6) is 0.694. The van der Waals surface area contributed by atoms with Crippen LogP contribution in [0, 0.1) is 6.92 Å². The number of amides is 1. The highest BCUT2D eigenvalue weighted by molar-refractivity contribution is 5.68. The summed E-state index contributed by atoms with van der Waals surface area (Å²) >= 11 is 0. The number of nitrogens with zero attached hydrogens (tertiary/aromatic N) is 4. The molecule has 2 rings (SSSR count). The maximum Gasteiger partial charge on any atom is 0.410 e. The molecule has 1 fully saturated rings.